The summed E-state index contributed by atoms with van der Waals surface area (Å²) in [5.74, 6) is 0.679. The second-order valence-electron chi connectivity index (χ2n) is 6.17. The lowest BCUT2D eigenvalue weighted by Crippen LogP contribution is -2.43. The van der Waals surface area contributed by atoms with Gasteiger partial charge in [0.05, 0.1) is 12.7 Å². The Bertz CT molecular complexity index is 1000. The highest BCUT2D eigenvalue weighted by molar-refractivity contribution is 9.10. The van der Waals surface area contributed by atoms with Crippen LogP contribution in [0.2, 0.25) is 0 Å². The third kappa shape index (κ3) is 3.13. The van der Waals surface area contributed by atoms with E-state index in [1.807, 2.05) is 36.4 Å². The fraction of sp³-hybridized carbons (Fsp3) is 0.0952. The number of phenols is 1. The van der Waals surface area contributed by atoms with Gasteiger partial charge in [-0.2, -0.15) is 0 Å². The van der Waals surface area contributed by atoms with Crippen LogP contribution in [0.4, 0.5) is 11.4 Å². The van der Waals surface area contributed by atoms with Crippen molar-refractivity contribution in [3.63, 3.8) is 0 Å². The summed E-state index contributed by atoms with van der Waals surface area (Å²) in [6.45, 7) is 0. The Labute approximate surface area is 165 Å². The van der Waals surface area contributed by atoms with Gasteiger partial charge >= 0.3 is 0 Å². The number of halogens is 1. The van der Waals surface area contributed by atoms with E-state index in [-0.39, 0.29) is 11.7 Å². The van der Waals surface area contributed by atoms with Crippen molar-refractivity contribution in [1.82, 2.24) is 0 Å². The van der Waals surface area contributed by atoms with E-state index in [9.17, 15) is 9.90 Å². The van der Waals surface area contributed by atoms with E-state index in [2.05, 4.69) is 21.2 Å². The van der Waals surface area contributed by atoms with Crippen LogP contribution in [-0.4, -0.2) is 18.1 Å². The first-order valence-corrected chi connectivity index (χ1v) is 9.19. The first-order valence-electron chi connectivity index (χ1n) is 8.40. The molecular formula is C21H17BrN2O3. The monoisotopic (exact) mass is 424 g/mol. The molecule has 2 N–H and O–H groups in total. The summed E-state index contributed by atoms with van der Waals surface area (Å²) in [7, 11) is 1.60. The Hall–Kier alpha value is -2.99. The first-order chi connectivity index (χ1) is 13.1. The highest BCUT2D eigenvalue weighted by Crippen LogP contribution is 2.40. The molecule has 27 heavy (non-hydrogen) atoms. The zero-order valence-corrected chi connectivity index (χ0v) is 16.1. The molecule has 4 rings (SSSR count). The number of methoxy groups -OCH3 is 1. The number of benzene rings is 3. The van der Waals surface area contributed by atoms with E-state index >= 15 is 0 Å². The van der Waals surface area contributed by atoms with Gasteiger partial charge in [0.1, 0.15) is 17.7 Å². The van der Waals surface area contributed by atoms with Crippen molar-refractivity contribution in [1.29, 1.82) is 0 Å². The molecule has 1 amide bonds. The van der Waals surface area contributed by atoms with Gasteiger partial charge in [-0.05, 0) is 54.6 Å². The summed E-state index contributed by atoms with van der Waals surface area (Å²) in [5, 5.41) is 13.8. The van der Waals surface area contributed by atoms with E-state index < -0.39 is 6.17 Å². The number of anilines is 2. The zero-order chi connectivity index (χ0) is 19.0. The average Bonchev–Trinajstić information content (AvgIpc) is 2.70. The van der Waals surface area contributed by atoms with Gasteiger partial charge in [-0.15, -0.1) is 0 Å². The SMILES string of the molecule is COc1ccc(N2C(=O)c3ccccc3NC2c2cc(Br)ccc2O)cc1. The van der Waals surface area contributed by atoms with E-state index in [0.717, 1.165) is 10.2 Å². The van der Waals surface area contributed by atoms with Gasteiger partial charge in [0, 0.05) is 21.4 Å². The normalized spacial score (nSPS) is 15.9. The number of amides is 1. The molecule has 6 heteroatoms. The molecule has 0 aliphatic carbocycles. The molecule has 1 unspecified atom stereocenters. The molecular weight excluding hydrogens is 408 g/mol. The topological polar surface area (TPSA) is 61.8 Å². The lowest BCUT2D eigenvalue weighted by molar-refractivity contribution is 0.0974. The largest absolute Gasteiger partial charge is 0.508 e. The Morgan fingerprint density at radius 3 is 2.56 bits per heavy atom. The molecule has 3 aromatic rings. The third-order valence-corrected chi connectivity index (χ3v) is 5.05. The quantitative estimate of drug-likeness (QED) is 0.625. The number of phenolic OH excluding ortho intramolecular Hbond substituents is 1. The summed E-state index contributed by atoms with van der Waals surface area (Å²) in [5.41, 5.74) is 2.62. The number of ether oxygens (including phenoxy) is 1. The minimum absolute atomic E-state index is 0.112. The molecule has 0 fully saturated rings. The molecule has 1 aliphatic heterocycles. The number of nitrogens with zero attached hydrogens (tertiary/aromatic N) is 1. The van der Waals surface area contributed by atoms with Crippen LogP contribution < -0.4 is 15.0 Å². The van der Waals surface area contributed by atoms with Gasteiger partial charge < -0.3 is 15.2 Å². The molecule has 3 aromatic carbocycles. The van der Waals surface area contributed by atoms with Gasteiger partial charge in [-0.3, -0.25) is 9.69 Å². The van der Waals surface area contributed by atoms with Gasteiger partial charge in [0.15, 0.2) is 0 Å². The molecule has 5 nitrogen and oxygen atoms in total. The summed E-state index contributed by atoms with van der Waals surface area (Å²) < 4.78 is 6.04. The second-order valence-corrected chi connectivity index (χ2v) is 7.08. The molecule has 1 aliphatic rings. The van der Waals surface area contributed by atoms with Crippen LogP contribution in [0.3, 0.4) is 0 Å². The number of aromatic hydroxyl groups is 1. The number of carbonyl (C=O) groups excluding carboxylic acids is 1. The fourth-order valence-electron chi connectivity index (χ4n) is 3.22. The van der Waals surface area contributed by atoms with Gasteiger partial charge in [-0.25, -0.2) is 0 Å². The highest BCUT2D eigenvalue weighted by Gasteiger charge is 2.35. The Morgan fingerprint density at radius 2 is 1.81 bits per heavy atom. The molecule has 0 saturated heterocycles. The number of nitrogens with one attached hydrogen (secondary N) is 1. The molecule has 136 valence electrons. The number of hydrogen-bond acceptors (Lipinski definition) is 4. The van der Waals surface area contributed by atoms with Crippen LogP contribution in [0, 0.1) is 0 Å². The van der Waals surface area contributed by atoms with Crippen molar-refractivity contribution in [3.05, 3.63) is 82.3 Å². The highest BCUT2D eigenvalue weighted by atomic mass is 79.9. The lowest BCUT2D eigenvalue weighted by Gasteiger charge is -2.38. The molecule has 0 spiro atoms. The minimum atomic E-state index is -0.557. The van der Waals surface area contributed by atoms with Gasteiger partial charge in [-0.1, -0.05) is 28.1 Å². The van der Waals surface area contributed by atoms with Gasteiger partial charge in [0.2, 0.25) is 0 Å². The zero-order valence-electron chi connectivity index (χ0n) is 14.5. The van der Waals surface area contributed by atoms with Crippen LogP contribution in [0.15, 0.2) is 71.2 Å². The Kier molecular flexibility index (Phi) is 4.49. The van der Waals surface area contributed by atoms with Crippen LogP contribution >= 0.6 is 15.9 Å². The summed E-state index contributed by atoms with van der Waals surface area (Å²) in [6.07, 6.45) is -0.557. The molecule has 0 radical (unpaired) electrons. The maximum atomic E-state index is 13.3. The number of fused-ring (bicyclic) bond motifs is 1. The van der Waals surface area contributed by atoms with E-state index in [1.54, 1.807) is 42.3 Å². The summed E-state index contributed by atoms with van der Waals surface area (Å²) >= 11 is 3.45. The number of para-hydroxylation sites is 1. The van der Waals surface area contributed by atoms with E-state index in [1.165, 1.54) is 0 Å². The van der Waals surface area contributed by atoms with E-state index in [4.69, 9.17) is 4.74 Å². The van der Waals surface area contributed by atoms with Crippen molar-refractivity contribution < 1.29 is 14.6 Å². The Morgan fingerprint density at radius 1 is 1.07 bits per heavy atom. The Balaban J connectivity index is 1.87. The smallest absolute Gasteiger partial charge is 0.262 e. The molecule has 1 heterocycles. The predicted molar refractivity (Wildman–Crippen MR) is 108 cm³/mol. The molecule has 0 bridgehead atoms. The summed E-state index contributed by atoms with van der Waals surface area (Å²) in [6, 6.07) is 19.8. The minimum Gasteiger partial charge on any atom is -0.508 e. The number of rotatable bonds is 3. The van der Waals surface area contributed by atoms with Crippen LogP contribution in [0.5, 0.6) is 11.5 Å². The van der Waals surface area contributed by atoms with Crippen LogP contribution in [-0.2, 0) is 0 Å². The van der Waals surface area contributed by atoms with E-state index in [0.29, 0.717) is 22.6 Å². The maximum Gasteiger partial charge on any atom is 0.262 e. The van der Waals surface area contributed by atoms with Crippen molar-refractivity contribution in [3.8, 4) is 11.5 Å². The van der Waals surface area contributed by atoms with Crippen LogP contribution in [0.25, 0.3) is 0 Å². The molecule has 0 saturated carbocycles. The van der Waals surface area contributed by atoms with Gasteiger partial charge in [0.25, 0.3) is 5.91 Å². The number of carbonyl (C=O) groups is 1. The molecule has 0 aromatic heterocycles. The summed E-state index contributed by atoms with van der Waals surface area (Å²) in [4.78, 5) is 15.0. The van der Waals surface area contributed by atoms with Crippen molar-refractivity contribution >= 4 is 33.2 Å². The third-order valence-electron chi connectivity index (χ3n) is 4.56. The maximum absolute atomic E-state index is 13.3. The molecule has 1 atom stereocenters. The standard InChI is InChI=1S/C21H17BrN2O3/c1-27-15-9-7-14(8-10-15)24-20(17-12-13(22)6-11-19(17)25)23-18-5-3-2-4-16(18)21(24)26/h2-12,20,23,25H,1H3. The fourth-order valence-corrected chi connectivity index (χ4v) is 3.60. The van der Waals surface area contributed by atoms with Crippen molar-refractivity contribution in [2.45, 2.75) is 6.17 Å². The average molecular weight is 425 g/mol. The van der Waals surface area contributed by atoms with Crippen molar-refractivity contribution in [2.75, 3.05) is 17.3 Å². The number of hydrogen-bond donors (Lipinski definition) is 2. The lowest BCUT2D eigenvalue weighted by atomic mass is 10.0. The first kappa shape index (κ1) is 17.4. The van der Waals surface area contributed by atoms with Crippen molar-refractivity contribution in [2.24, 2.45) is 0 Å². The predicted octanol–water partition coefficient (Wildman–Crippen LogP) is 4.93. The van der Waals surface area contributed by atoms with Crippen LogP contribution in [0.1, 0.15) is 22.1 Å². The second kappa shape index (κ2) is 6.96.